The zero-order valence-electron chi connectivity index (χ0n) is 13.2. The lowest BCUT2D eigenvalue weighted by atomic mass is 10.4. The summed E-state index contributed by atoms with van der Waals surface area (Å²) in [5, 5.41) is 0.373. The number of sulfone groups is 1. The van der Waals surface area contributed by atoms with Crippen molar-refractivity contribution in [2.75, 3.05) is 18.0 Å². The van der Waals surface area contributed by atoms with E-state index in [1.54, 1.807) is 12.1 Å². The zero-order valence-corrected chi connectivity index (χ0v) is 14.8. The van der Waals surface area contributed by atoms with Gasteiger partial charge in [-0.25, -0.2) is 8.42 Å². The molecule has 0 bridgehead atoms. The molecule has 6 nitrogen and oxygen atoms in total. The summed E-state index contributed by atoms with van der Waals surface area (Å²) < 4.78 is 37.3. The Balaban J connectivity index is 1.85. The van der Waals surface area contributed by atoms with Gasteiger partial charge in [0.05, 0.1) is 11.2 Å². The highest BCUT2D eigenvalue weighted by molar-refractivity contribution is 7.91. The van der Waals surface area contributed by atoms with Gasteiger partial charge < -0.3 is 13.7 Å². The van der Waals surface area contributed by atoms with E-state index in [-0.39, 0.29) is 21.7 Å². The normalized spacial score (nSPS) is 15.0. The topological polar surface area (TPSA) is 76.5 Å². The summed E-state index contributed by atoms with van der Waals surface area (Å²) >= 11 is 5.86. The maximum Gasteiger partial charge on any atom is 0.266 e. The molecule has 3 heterocycles. The molecular weight excluding hydrogens is 364 g/mol. The third kappa shape index (κ3) is 2.94. The second-order valence-corrected chi connectivity index (χ2v) is 8.06. The van der Waals surface area contributed by atoms with E-state index in [1.807, 2.05) is 4.90 Å². The van der Waals surface area contributed by atoms with Crippen molar-refractivity contribution < 1.29 is 17.3 Å². The second-order valence-electron chi connectivity index (χ2n) is 5.76. The SMILES string of the molecule is O=S(=O)(c1ccc(Cl)cc1)c1nc(-c2ccco2)oc1N1CCCC1. The van der Waals surface area contributed by atoms with Crippen LogP contribution in [-0.4, -0.2) is 26.5 Å². The van der Waals surface area contributed by atoms with E-state index in [1.165, 1.54) is 30.5 Å². The number of anilines is 1. The Labute approximate surface area is 149 Å². The van der Waals surface area contributed by atoms with E-state index in [4.69, 9.17) is 20.4 Å². The molecule has 4 rings (SSSR count). The van der Waals surface area contributed by atoms with Crippen molar-refractivity contribution in [2.45, 2.75) is 22.8 Å². The predicted molar refractivity (Wildman–Crippen MR) is 92.6 cm³/mol. The quantitative estimate of drug-likeness (QED) is 0.682. The first-order chi connectivity index (χ1) is 12.1. The van der Waals surface area contributed by atoms with Gasteiger partial charge in [0.15, 0.2) is 5.76 Å². The number of hydrogen-bond acceptors (Lipinski definition) is 6. The molecule has 0 atom stereocenters. The molecule has 2 aromatic heterocycles. The number of halogens is 1. The maximum atomic E-state index is 13.1. The average Bonchev–Trinajstić information content (AvgIpc) is 3.34. The van der Waals surface area contributed by atoms with Gasteiger partial charge in [-0.05, 0) is 49.2 Å². The van der Waals surface area contributed by atoms with Crippen molar-refractivity contribution in [3.05, 3.63) is 47.7 Å². The molecule has 1 saturated heterocycles. The van der Waals surface area contributed by atoms with Gasteiger partial charge in [0.1, 0.15) is 0 Å². The molecule has 25 heavy (non-hydrogen) atoms. The number of rotatable bonds is 4. The van der Waals surface area contributed by atoms with Crippen molar-refractivity contribution >= 4 is 27.3 Å². The molecule has 0 radical (unpaired) electrons. The van der Waals surface area contributed by atoms with Gasteiger partial charge >= 0.3 is 0 Å². The molecule has 0 aliphatic carbocycles. The predicted octanol–water partition coefficient (Wildman–Crippen LogP) is 4.02. The van der Waals surface area contributed by atoms with Crippen molar-refractivity contribution in [3.8, 4) is 11.7 Å². The third-order valence-electron chi connectivity index (χ3n) is 4.08. The van der Waals surface area contributed by atoms with Gasteiger partial charge in [-0.3, -0.25) is 0 Å². The van der Waals surface area contributed by atoms with Crippen LogP contribution >= 0.6 is 11.6 Å². The number of aromatic nitrogens is 1. The van der Waals surface area contributed by atoms with Gasteiger partial charge in [-0.2, -0.15) is 4.98 Å². The molecule has 0 amide bonds. The first kappa shape index (κ1) is 16.2. The number of furan rings is 1. The molecule has 8 heteroatoms. The Morgan fingerprint density at radius 2 is 1.80 bits per heavy atom. The van der Waals surface area contributed by atoms with E-state index in [0.29, 0.717) is 10.8 Å². The molecule has 0 saturated carbocycles. The molecule has 3 aromatic rings. The largest absolute Gasteiger partial charge is 0.459 e. The van der Waals surface area contributed by atoms with Crippen LogP contribution in [0.4, 0.5) is 5.88 Å². The van der Waals surface area contributed by atoms with Crippen molar-refractivity contribution in [3.63, 3.8) is 0 Å². The fourth-order valence-corrected chi connectivity index (χ4v) is 4.27. The smallest absolute Gasteiger partial charge is 0.266 e. The molecule has 1 aromatic carbocycles. The van der Waals surface area contributed by atoms with Crippen molar-refractivity contribution in [1.82, 2.24) is 4.98 Å². The van der Waals surface area contributed by atoms with E-state index in [0.717, 1.165) is 25.9 Å². The molecule has 130 valence electrons. The fraction of sp³-hybridized carbons (Fsp3) is 0.235. The summed E-state index contributed by atoms with van der Waals surface area (Å²) in [6.45, 7) is 1.46. The highest BCUT2D eigenvalue weighted by atomic mass is 35.5. The van der Waals surface area contributed by atoms with Crippen LogP contribution in [0.15, 0.2) is 61.4 Å². The lowest BCUT2D eigenvalue weighted by Gasteiger charge is -2.14. The monoisotopic (exact) mass is 378 g/mol. The molecular formula is C17H15ClN2O4S. The van der Waals surface area contributed by atoms with Crippen LogP contribution in [0.1, 0.15) is 12.8 Å². The molecule has 1 aliphatic heterocycles. The van der Waals surface area contributed by atoms with Gasteiger partial charge in [-0.1, -0.05) is 11.6 Å². The summed E-state index contributed by atoms with van der Waals surface area (Å²) in [7, 11) is -3.84. The Morgan fingerprint density at radius 1 is 1.08 bits per heavy atom. The third-order valence-corrected chi connectivity index (χ3v) is 6.00. The van der Waals surface area contributed by atoms with Crippen LogP contribution in [0.2, 0.25) is 5.02 Å². The Kier molecular flexibility index (Phi) is 4.05. The minimum absolute atomic E-state index is 0.0943. The molecule has 1 aliphatic rings. The maximum absolute atomic E-state index is 13.1. The second kappa shape index (κ2) is 6.24. The summed E-state index contributed by atoms with van der Waals surface area (Å²) in [6, 6.07) is 9.38. The first-order valence-electron chi connectivity index (χ1n) is 7.86. The lowest BCUT2D eigenvalue weighted by Crippen LogP contribution is -2.19. The number of benzene rings is 1. The molecule has 0 spiro atoms. The summed E-state index contributed by atoms with van der Waals surface area (Å²) in [4.78, 5) is 6.27. The lowest BCUT2D eigenvalue weighted by molar-refractivity contribution is 0.513. The minimum Gasteiger partial charge on any atom is -0.459 e. The van der Waals surface area contributed by atoms with Crippen LogP contribution in [0.5, 0.6) is 0 Å². The summed E-state index contributed by atoms with van der Waals surface area (Å²) in [6.07, 6.45) is 3.46. The van der Waals surface area contributed by atoms with E-state index in [2.05, 4.69) is 4.98 Å². The molecule has 0 unspecified atom stereocenters. The average molecular weight is 379 g/mol. The number of oxazole rings is 1. The Bertz CT molecular complexity index is 972. The minimum atomic E-state index is -3.84. The Hall–Kier alpha value is -2.25. The van der Waals surface area contributed by atoms with Crippen LogP contribution in [-0.2, 0) is 9.84 Å². The fourth-order valence-electron chi connectivity index (χ4n) is 2.82. The van der Waals surface area contributed by atoms with Gasteiger partial charge in [0.25, 0.3) is 5.89 Å². The van der Waals surface area contributed by atoms with Crippen molar-refractivity contribution in [1.29, 1.82) is 0 Å². The number of nitrogens with zero attached hydrogens (tertiary/aromatic N) is 2. The van der Waals surface area contributed by atoms with Crippen molar-refractivity contribution in [2.24, 2.45) is 0 Å². The molecule has 1 fully saturated rings. The van der Waals surface area contributed by atoms with Gasteiger partial charge in [0.2, 0.25) is 20.7 Å². The van der Waals surface area contributed by atoms with Gasteiger partial charge in [0, 0.05) is 18.1 Å². The first-order valence-corrected chi connectivity index (χ1v) is 9.72. The highest BCUT2D eigenvalue weighted by Gasteiger charge is 2.32. The zero-order chi connectivity index (χ0) is 17.4. The molecule has 0 N–H and O–H groups in total. The van der Waals surface area contributed by atoms with Crippen LogP contribution in [0.25, 0.3) is 11.7 Å². The van der Waals surface area contributed by atoms with E-state index in [9.17, 15) is 8.42 Å². The van der Waals surface area contributed by atoms with Gasteiger partial charge in [-0.15, -0.1) is 0 Å². The van der Waals surface area contributed by atoms with E-state index >= 15 is 0 Å². The number of hydrogen-bond donors (Lipinski definition) is 0. The highest BCUT2D eigenvalue weighted by Crippen LogP contribution is 2.36. The van der Waals surface area contributed by atoms with Crippen LogP contribution < -0.4 is 4.90 Å². The van der Waals surface area contributed by atoms with Crippen LogP contribution in [0, 0.1) is 0 Å². The summed E-state index contributed by atoms with van der Waals surface area (Å²) in [5.41, 5.74) is 0. The van der Waals surface area contributed by atoms with Crippen LogP contribution in [0.3, 0.4) is 0 Å². The summed E-state index contributed by atoms with van der Waals surface area (Å²) in [5.74, 6) is 0.802. The standard InChI is InChI=1S/C17H15ClN2O4S/c18-12-5-7-13(8-6-12)25(21,22)16-17(20-9-1-2-10-20)24-15(19-16)14-4-3-11-23-14/h3-8,11H,1-2,9-10H2. The Morgan fingerprint density at radius 3 is 2.44 bits per heavy atom. The van der Waals surface area contributed by atoms with E-state index < -0.39 is 9.84 Å².